The number of para-hydroxylation sites is 1. The number of aliphatic hydroxyl groups is 1. The molecule has 2 heterocycles. The fraction of sp³-hybridized carbons (Fsp3) is 0.368. The molecule has 1 N–H and O–H groups in total. The fourth-order valence-corrected chi connectivity index (χ4v) is 5.26. The summed E-state index contributed by atoms with van der Waals surface area (Å²) in [5.74, 6) is 1.24. The van der Waals surface area contributed by atoms with Crippen molar-refractivity contribution in [1.82, 2.24) is 4.98 Å². The number of rotatable bonds is 9. The molecule has 46 heavy (non-hydrogen) atoms. The molecule has 5 rings (SSSR count). The molecule has 0 aliphatic heterocycles. The van der Waals surface area contributed by atoms with Gasteiger partial charge in [0.1, 0.15) is 5.58 Å². The van der Waals surface area contributed by atoms with E-state index in [0.29, 0.717) is 30.2 Å². The van der Waals surface area contributed by atoms with E-state index in [4.69, 9.17) is 4.42 Å². The first-order valence-electron chi connectivity index (χ1n) is 15.5. The van der Waals surface area contributed by atoms with E-state index in [0.717, 1.165) is 49.5 Å². The van der Waals surface area contributed by atoms with Crippen LogP contribution in [0.25, 0.3) is 44.0 Å². The van der Waals surface area contributed by atoms with Gasteiger partial charge in [0.2, 0.25) is 0 Å². The van der Waals surface area contributed by atoms with Crippen molar-refractivity contribution in [2.24, 2.45) is 11.8 Å². The van der Waals surface area contributed by atoms with E-state index in [1.165, 1.54) is 6.08 Å². The summed E-state index contributed by atoms with van der Waals surface area (Å²) >= 11 is 0. The van der Waals surface area contributed by atoms with Crippen molar-refractivity contribution in [2.45, 2.75) is 79.3 Å². The van der Waals surface area contributed by atoms with Gasteiger partial charge < -0.3 is 14.5 Å². The molecule has 0 saturated heterocycles. The van der Waals surface area contributed by atoms with Gasteiger partial charge in [-0.05, 0) is 58.3 Å². The van der Waals surface area contributed by atoms with Crippen LogP contribution in [0.4, 0.5) is 13.2 Å². The van der Waals surface area contributed by atoms with E-state index in [1.54, 1.807) is 12.3 Å². The van der Waals surface area contributed by atoms with Crippen LogP contribution in [-0.2, 0) is 31.3 Å². The van der Waals surface area contributed by atoms with Crippen LogP contribution in [0.15, 0.2) is 77.0 Å². The number of hydrogen-bond donors (Lipinski definition) is 1. The molecule has 8 heteroatoms. The second-order valence-corrected chi connectivity index (χ2v) is 12.7. The van der Waals surface area contributed by atoms with E-state index < -0.39 is 12.6 Å². The first-order valence-corrected chi connectivity index (χ1v) is 15.5. The molecule has 1 radical (unpaired) electrons. The molecule has 0 spiro atoms. The van der Waals surface area contributed by atoms with Crippen LogP contribution in [-0.4, -0.2) is 22.1 Å². The first-order chi connectivity index (χ1) is 21.2. The monoisotopic (exact) mass is 809 g/mol. The van der Waals surface area contributed by atoms with Crippen LogP contribution in [0, 0.1) is 17.9 Å². The predicted molar refractivity (Wildman–Crippen MR) is 176 cm³/mol. The molecule has 247 valence electrons. The van der Waals surface area contributed by atoms with Gasteiger partial charge >= 0.3 is 6.18 Å². The van der Waals surface area contributed by atoms with Crippen molar-refractivity contribution in [2.75, 3.05) is 0 Å². The van der Waals surface area contributed by atoms with Gasteiger partial charge in [0.15, 0.2) is 5.78 Å². The van der Waals surface area contributed by atoms with Crippen molar-refractivity contribution in [1.29, 1.82) is 0 Å². The maximum atomic E-state index is 12.7. The minimum atomic E-state index is -4.17. The molecule has 3 aromatic carbocycles. The van der Waals surface area contributed by atoms with E-state index in [1.807, 2.05) is 70.2 Å². The molecule has 0 aliphatic rings. The van der Waals surface area contributed by atoms with Crippen LogP contribution in [0.5, 0.6) is 0 Å². The molecule has 0 aliphatic carbocycles. The van der Waals surface area contributed by atoms with Gasteiger partial charge in [-0.15, -0.1) is 17.7 Å². The van der Waals surface area contributed by atoms with E-state index in [-0.39, 0.29) is 44.0 Å². The van der Waals surface area contributed by atoms with Crippen molar-refractivity contribution in [3.8, 4) is 11.3 Å². The normalized spacial score (nSPS) is 12.2. The quantitative estimate of drug-likeness (QED) is 0.0915. The number of aliphatic hydroxyl groups excluding tert-OH is 1. The van der Waals surface area contributed by atoms with Gasteiger partial charge in [0, 0.05) is 57.0 Å². The standard InChI is InChI=1S/C27H21F3NO.C11H20O2.Ir/c1-16(2)19-14-22-21-5-3-4-6-24(21)32-26(22)23(15-19)25-20-8-7-17(9-11-27(28,29)30)13-18(20)10-12-31-25;1-8(2)5-10(12)7-11(13)6-9(3)4;/h3-8,10,12-14,16H,9,11H2,1-2H3;7-9,12H,5-6H2,1-4H3;/q-1;;/b;10-7-;. The summed E-state index contributed by atoms with van der Waals surface area (Å²) < 4.78 is 44.2. The van der Waals surface area contributed by atoms with Gasteiger partial charge in [-0.2, -0.15) is 13.2 Å². The van der Waals surface area contributed by atoms with Gasteiger partial charge in [0.25, 0.3) is 0 Å². The Morgan fingerprint density at radius 1 is 0.935 bits per heavy atom. The number of nitrogens with zero attached hydrogens (tertiary/aromatic N) is 1. The third-order valence-electron chi connectivity index (χ3n) is 7.37. The number of furan rings is 1. The third-order valence-corrected chi connectivity index (χ3v) is 7.37. The van der Waals surface area contributed by atoms with Crippen LogP contribution < -0.4 is 0 Å². The molecule has 0 amide bonds. The number of ketones is 1. The number of carbonyl (C=O) groups excluding carboxylic acids is 1. The van der Waals surface area contributed by atoms with Crippen LogP contribution in [0.1, 0.15) is 77.8 Å². The molecule has 5 aromatic rings. The molecule has 2 aromatic heterocycles. The Balaban J connectivity index is 0.000000352. The van der Waals surface area contributed by atoms with Gasteiger partial charge in [-0.1, -0.05) is 88.9 Å². The Bertz CT molecular complexity index is 1820. The van der Waals surface area contributed by atoms with E-state index >= 15 is 0 Å². The summed E-state index contributed by atoms with van der Waals surface area (Å²) in [5.41, 5.74) is 4.72. The number of fused-ring (bicyclic) bond motifs is 4. The third kappa shape index (κ3) is 9.76. The zero-order valence-electron chi connectivity index (χ0n) is 27.1. The Hall–Kier alpha value is -3.48. The molecular weight excluding hydrogens is 768 g/mol. The van der Waals surface area contributed by atoms with Crippen LogP contribution >= 0.6 is 0 Å². The number of aromatic nitrogens is 1. The van der Waals surface area contributed by atoms with Gasteiger partial charge in [-0.25, -0.2) is 0 Å². The van der Waals surface area contributed by atoms with Crippen molar-refractivity contribution < 1.29 is 47.6 Å². The minimum absolute atomic E-state index is 0. The zero-order valence-corrected chi connectivity index (χ0v) is 29.5. The largest absolute Gasteiger partial charge is 0.512 e. The maximum absolute atomic E-state index is 12.7. The number of alkyl halides is 3. The number of carbonyl (C=O) groups is 1. The van der Waals surface area contributed by atoms with E-state index in [2.05, 4.69) is 31.0 Å². The number of hydrogen-bond acceptors (Lipinski definition) is 4. The summed E-state index contributed by atoms with van der Waals surface area (Å²) in [4.78, 5) is 15.9. The Morgan fingerprint density at radius 3 is 2.28 bits per heavy atom. The molecular formula is C38H41F3IrNO3-. The second kappa shape index (κ2) is 15.9. The van der Waals surface area contributed by atoms with Crippen molar-refractivity contribution in [3.63, 3.8) is 0 Å². The Labute approximate surface area is 282 Å². The molecule has 4 nitrogen and oxygen atoms in total. The summed E-state index contributed by atoms with van der Waals surface area (Å²) in [7, 11) is 0. The smallest absolute Gasteiger partial charge is 0.389 e. The number of halogens is 3. The molecule has 0 atom stereocenters. The van der Waals surface area contributed by atoms with Crippen molar-refractivity contribution in [3.05, 3.63) is 89.8 Å². The number of allylic oxidation sites excluding steroid dienone is 2. The molecule has 0 fully saturated rings. The molecule has 0 bridgehead atoms. The fourth-order valence-electron chi connectivity index (χ4n) is 5.26. The van der Waals surface area contributed by atoms with Crippen molar-refractivity contribution >= 4 is 38.5 Å². The zero-order chi connectivity index (χ0) is 32.9. The summed E-state index contributed by atoms with van der Waals surface area (Å²) in [6.45, 7) is 12.2. The first kappa shape index (κ1) is 37.0. The number of aryl methyl sites for hydroxylation is 1. The SMILES string of the molecule is CC(C)CC(=O)/C=C(\O)CC(C)C.CC(C)c1[c-]c(-c2nccc3cc(CCC(F)(F)F)ccc23)c2oc3ccccc3c2c1.[Ir]. The number of benzene rings is 3. The Morgan fingerprint density at radius 2 is 1.63 bits per heavy atom. The number of pyridine rings is 1. The average molecular weight is 809 g/mol. The van der Waals surface area contributed by atoms with E-state index in [9.17, 15) is 23.1 Å². The van der Waals surface area contributed by atoms with Crippen LogP contribution in [0.3, 0.4) is 0 Å². The molecule has 0 saturated carbocycles. The van der Waals surface area contributed by atoms with Gasteiger partial charge in [0.05, 0.1) is 11.3 Å². The maximum Gasteiger partial charge on any atom is 0.389 e. The summed E-state index contributed by atoms with van der Waals surface area (Å²) in [5, 5.41) is 13.1. The average Bonchev–Trinajstić information content (AvgIpc) is 3.33. The molecule has 0 unspecified atom stereocenters. The summed E-state index contributed by atoms with van der Waals surface area (Å²) in [6, 6.07) is 20.8. The summed E-state index contributed by atoms with van der Waals surface area (Å²) in [6.07, 6.45) is -0.890. The predicted octanol–water partition coefficient (Wildman–Crippen LogP) is 11.3. The Kier molecular flexibility index (Phi) is 12.8. The van der Waals surface area contributed by atoms with Crippen LogP contribution in [0.2, 0.25) is 0 Å². The topological polar surface area (TPSA) is 63.3 Å². The second-order valence-electron chi connectivity index (χ2n) is 12.7. The minimum Gasteiger partial charge on any atom is -0.512 e. The van der Waals surface area contributed by atoms with Gasteiger partial charge in [-0.3, -0.25) is 4.79 Å².